The van der Waals surface area contributed by atoms with Crippen LogP contribution in [0, 0.1) is 0 Å². The number of fused-ring (bicyclic) bond motifs is 1. The molecule has 0 amide bonds. The molecule has 0 atom stereocenters. The summed E-state index contributed by atoms with van der Waals surface area (Å²) in [5, 5.41) is 11.6. The smallest absolute Gasteiger partial charge is 0.282 e. The van der Waals surface area contributed by atoms with E-state index in [9.17, 15) is 21.4 Å². The highest BCUT2D eigenvalue weighted by Gasteiger charge is 2.20. The van der Waals surface area contributed by atoms with Crippen LogP contribution in [0.25, 0.3) is 10.8 Å². The van der Waals surface area contributed by atoms with Crippen LogP contribution in [0.1, 0.15) is 0 Å². The highest BCUT2D eigenvalue weighted by Crippen LogP contribution is 2.31. The van der Waals surface area contributed by atoms with Crippen molar-refractivity contribution in [2.24, 2.45) is 0 Å². The molecule has 0 heterocycles. The molecule has 0 spiro atoms. The van der Waals surface area contributed by atoms with Crippen LogP contribution < -0.4 is 0 Å². The Hall–Kier alpha value is -1.25. The van der Waals surface area contributed by atoms with Crippen molar-refractivity contribution in [1.82, 2.24) is 0 Å². The normalized spacial score (nSPS) is 12.7. The Morgan fingerprint density at radius 3 is 2.18 bits per heavy atom. The number of hydrogen-bond acceptors (Lipinski definition) is 8. The Morgan fingerprint density at radius 2 is 1.64 bits per heavy atom. The summed E-state index contributed by atoms with van der Waals surface area (Å²) in [5.41, 5.74) is 0. The molecular weight excluding hydrogens is 360 g/mol. The molecule has 0 aromatic heterocycles. The van der Waals surface area contributed by atoms with Gasteiger partial charge in [-0.25, -0.2) is 5.26 Å². The molecular formula is C10H8O9S3. The maximum atomic E-state index is 11.4. The van der Waals surface area contributed by atoms with Crippen molar-refractivity contribution < 1.29 is 40.6 Å². The van der Waals surface area contributed by atoms with E-state index < -0.39 is 30.0 Å². The molecule has 2 aromatic carbocycles. The zero-order chi connectivity index (χ0) is 16.5. The van der Waals surface area contributed by atoms with Gasteiger partial charge in [0.1, 0.15) is 4.90 Å². The summed E-state index contributed by atoms with van der Waals surface area (Å²) in [6.07, 6.45) is 0. The molecule has 0 aliphatic carbocycles. The third kappa shape index (κ3) is 3.74. The first kappa shape index (κ1) is 17.1. The fourth-order valence-electron chi connectivity index (χ4n) is 1.76. The monoisotopic (exact) mass is 368 g/mol. The lowest BCUT2D eigenvalue weighted by Gasteiger charge is -2.08. The van der Waals surface area contributed by atoms with Crippen molar-refractivity contribution >= 4 is 43.1 Å². The second-order valence-electron chi connectivity index (χ2n) is 3.98. The first-order valence-corrected chi connectivity index (χ1v) is 8.92. The zero-order valence-electron chi connectivity index (χ0n) is 10.4. The summed E-state index contributed by atoms with van der Waals surface area (Å²) in [6.45, 7) is 0. The molecule has 0 saturated heterocycles. The Kier molecular flexibility index (Phi) is 4.74. The minimum absolute atomic E-state index is 0.0316. The van der Waals surface area contributed by atoms with Gasteiger partial charge in [0.2, 0.25) is 0 Å². The summed E-state index contributed by atoms with van der Waals surface area (Å²) < 4.78 is 67.6. The molecule has 0 fully saturated rings. The van der Waals surface area contributed by atoms with Crippen LogP contribution in [-0.2, 0) is 29.6 Å². The van der Waals surface area contributed by atoms with Crippen LogP contribution >= 0.6 is 12.0 Å². The quantitative estimate of drug-likeness (QED) is 0.308. The van der Waals surface area contributed by atoms with Gasteiger partial charge in [0.25, 0.3) is 20.2 Å². The van der Waals surface area contributed by atoms with Crippen LogP contribution in [-0.4, -0.2) is 31.2 Å². The molecule has 120 valence electrons. The SMILES string of the molecule is O=S(=O)(O)c1cc(S(=O)(=O)O)c2ccc(SOOO)cc2c1. The van der Waals surface area contributed by atoms with E-state index in [1.165, 1.54) is 18.2 Å². The van der Waals surface area contributed by atoms with Crippen LogP contribution in [0.4, 0.5) is 0 Å². The van der Waals surface area contributed by atoms with Crippen molar-refractivity contribution in [1.29, 1.82) is 0 Å². The third-order valence-electron chi connectivity index (χ3n) is 2.60. The van der Waals surface area contributed by atoms with Gasteiger partial charge in [-0.3, -0.25) is 9.11 Å². The van der Waals surface area contributed by atoms with Gasteiger partial charge in [0.15, 0.2) is 0 Å². The predicted octanol–water partition coefficient (Wildman–Crippen LogP) is 1.76. The molecule has 0 bridgehead atoms. The summed E-state index contributed by atoms with van der Waals surface area (Å²) in [4.78, 5) is -1.04. The van der Waals surface area contributed by atoms with Crippen LogP contribution in [0.3, 0.4) is 0 Å². The number of hydrogen-bond donors (Lipinski definition) is 3. The lowest BCUT2D eigenvalue weighted by Crippen LogP contribution is -2.04. The van der Waals surface area contributed by atoms with Gasteiger partial charge in [0, 0.05) is 10.3 Å². The molecule has 0 aliphatic heterocycles. The van der Waals surface area contributed by atoms with E-state index in [2.05, 4.69) is 9.37 Å². The van der Waals surface area contributed by atoms with Gasteiger partial charge in [0.05, 0.1) is 16.9 Å². The largest absolute Gasteiger partial charge is 0.295 e. The van der Waals surface area contributed by atoms with E-state index in [1.54, 1.807) is 0 Å². The Morgan fingerprint density at radius 1 is 0.955 bits per heavy atom. The van der Waals surface area contributed by atoms with Crippen LogP contribution in [0.5, 0.6) is 0 Å². The van der Waals surface area contributed by atoms with E-state index >= 15 is 0 Å². The van der Waals surface area contributed by atoms with Gasteiger partial charge in [-0.05, 0) is 29.7 Å². The molecule has 12 heteroatoms. The maximum absolute atomic E-state index is 11.4. The second-order valence-corrected chi connectivity index (χ2v) is 7.57. The van der Waals surface area contributed by atoms with E-state index in [-0.39, 0.29) is 10.8 Å². The summed E-state index contributed by atoms with van der Waals surface area (Å²) in [5.74, 6) is 0. The van der Waals surface area contributed by atoms with Gasteiger partial charge >= 0.3 is 0 Å². The number of benzene rings is 2. The predicted molar refractivity (Wildman–Crippen MR) is 74.2 cm³/mol. The fourth-order valence-corrected chi connectivity index (χ4v) is 3.52. The average Bonchev–Trinajstić information content (AvgIpc) is 2.41. The molecule has 0 saturated carbocycles. The second kappa shape index (κ2) is 6.10. The van der Waals surface area contributed by atoms with Gasteiger partial charge in [-0.15, -0.1) is 4.33 Å². The maximum Gasteiger partial charge on any atom is 0.295 e. The minimum atomic E-state index is -4.72. The average molecular weight is 368 g/mol. The lowest BCUT2D eigenvalue weighted by atomic mass is 10.1. The molecule has 22 heavy (non-hydrogen) atoms. The van der Waals surface area contributed by atoms with Crippen molar-refractivity contribution in [3.05, 3.63) is 30.3 Å². The van der Waals surface area contributed by atoms with Crippen molar-refractivity contribution in [2.75, 3.05) is 0 Å². The van der Waals surface area contributed by atoms with Gasteiger partial charge < -0.3 is 0 Å². The highest BCUT2D eigenvalue weighted by atomic mass is 32.2. The first-order valence-electron chi connectivity index (χ1n) is 5.30. The fraction of sp³-hybridized carbons (Fsp3) is 0. The summed E-state index contributed by atoms with van der Waals surface area (Å²) >= 11 is 0.566. The zero-order valence-corrected chi connectivity index (χ0v) is 12.9. The molecule has 0 radical (unpaired) electrons. The van der Waals surface area contributed by atoms with Crippen molar-refractivity contribution in [3.8, 4) is 0 Å². The Labute approximate surface area is 129 Å². The van der Waals surface area contributed by atoms with E-state index in [1.807, 2.05) is 0 Å². The van der Waals surface area contributed by atoms with E-state index in [0.29, 0.717) is 23.0 Å². The minimum Gasteiger partial charge on any atom is -0.282 e. The van der Waals surface area contributed by atoms with E-state index in [0.717, 1.165) is 6.07 Å². The summed E-state index contributed by atoms with van der Waals surface area (Å²) in [6, 6.07) is 5.64. The van der Waals surface area contributed by atoms with Crippen LogP contribution in [0.2, 0.25) is 0 Å². The molecule has 9 nitrogen and oxygen atoms in total. The standard InChI is InChI=1S/C10H8O9S3/c11-18-19-20-7-1-2-9-6(3-7)4-8(21(12,13)14)5-10(9)22(15,16)17/h1-5,11H,(H,12,13,14)(H,15,16,17). The van der Waals surface area contributed by atoms with Crippen molar-refractivity contribution in [3.63, 3.8) is 0 Å². The molecule has 3 N–H and O–H groups in total. The van der Waals surface area contributed by atoms with Crippen LogP contribution in [0.15, 0.2) is 45.0 Å². The molecule has 2 rings (SSSR count). The summed E-state index contributed by atoms with van der Waals surface area (Å²) in [7, 11) is -9.41. The van der Waals surface area contributed by atoms with Gasteiger partial charge in [-0.1, -0.05) is 11.1 Å². The molecule has 0 aliphatic rings. The van der Waals surface area contributed by atoms with E-state index in [4.69, 9.17) is 9.81 Å². The molecule has 0 unspecified atom stereocenters. The Bertz CT molecular complexity index is 918. The molecule has 2 aromatic rings. The highest BCUT2D eigenvalue weighted by molar-refractivity contribution is 7.94. The topological polar surface area (TPSA) is 147 Å². The Balaban J connectivity index is 2.77. The third-order valence-corrected chi connectivity index (χ3v) is 4.90. The van der Waals surface area contributed by atoms with Crippen molar-refractivity contribution in [2.45, 2.75) is 14.7 Å². The first-order chi connectivity index (χ1) is 10.1. The number of rotatable bonds is 5. The lowest BCUT2D eigenvalue weighted by molar-refractivity contribution is -0.432. The van der Waals surface area contributed by atoms with Gasteiger partial charge in [-0.2, -0.15) is 16.8 Å².